The molecule has 1 saturated heterocycles. The number of likely N-dealkylation sites (tertiary alicyclic amines) is 1. The summed E-state index contributed by atoms with van der Waals surface area (Å²) in [5.74, 6) is -0.239. The molecule has 1 aromatic carbocycles. The zero-order chi connectivity index (χ0) is 17.8. The van der Waals surface area contributed by atoms with Gasteiger partial charge in [-0.2, -0.15) is 0 Å². The second kappa shape index (κ2) is 7.68. The van der Waals surface area contributed by atoms with Crippen molar-refractivity contribution in [2.24, 2.45) is 11.8 Å². The first-order valence-corrected chi connectivity index (χ1v) is 8.74. The van der Waals surface area contributed by atoms with Crippen molar-refractivity contribution in [3.63, 3.8) is 0 Å². The largest absolute Gasteiger partial charge is 0.497 e. The highest BCUT2D eigenvalue weighted by Crippen LogP contribution is 2.37. The summed E-state index contributed by atoms with van der Waals surface area (Å²) in [5, 5.41) is 0. The number of carbonyl (C=O) groups excluding carboxylic acids is 3. The number of fused-ring (bicyclic) bond motifs is 1. The fraction of sp³-hybridized carbons (Fsp3) is 0.526. The number of hydrogen-bond donors (Lipinski definition) is 0. The second-order valence-corrected chi connectivity index (χ2v) is 6.58. The lowest BCUT2D eigenvalue weighted by molar-refractivity contribution is -0.146. The van der Waals surface area contributed by atoms with Crippen molar-refractivity contribution >= 4 is 17.8 Å². The van der Waals surface area contributed by atoms with Gasteiger partial charge in [0.1, 0.15) is 12.4 Å². The normalized spacial score (nSPS) is 22.7. The van der Waals surface area contributed by atoms with Crippen LogP contribution in [0.4, 0.5) is 0 Å². The van der Waals surface area contributed by atoms with Gasteiger partial charge in [0.05, 0.1) is 25.4 Å². The van der Waals surface area contributed by atoms with Crippen molar-refractivity contribution in [2.45, 2.75) is 38.7 Å². The topological polar surface area (TPSA) is 72.9 Å². The molecule has 2 aliphatic rings. The second-order valence-electron chi connectivity index (χ2n) is 6.58. The summed E-state index contributed by atoms with van der Waals surface area (Å²) < 4.78 is 10.3. The minimum Gasteiger partial charge on any atom is -0.497 e. The van der Waals surface area contributed by atoms with E-state index in [-0.39, 0.29) is 43.2 Å². The van der Waals surface area contributed by atoms with Gasteiger partial charge in [-0.3, -0.25) is 19.3 Å². The monoisotopic (exact) mass is 345 g/mol. The van der Waals surface area contributed by atoms with E-state index in [4.69, 9.17) is 9.47 Å². The zero-order valence-electron chi connectivity index (χ0n) is 14.4. The number of nitrogens with zero attached hydrogens (tertiary/aromatic N) is 1. The van der Waals surface area contributed by atoms with E-state index in [0.29, 0.717) is 0 Å². The van der Waals surface area contributed by atoms with E-state index in [9.17, 15) is 14.4 Å². The van der Waals surface area contributed by atoms with Gasteiger partial charge in [-0.05, 0) is 30.5 Å². The molecule has 2 amide bonds. The number of imide groups is 1. The number of carbonyl (C=O) groups is 3. The Morgan fingerprint density at radius 2 is 1.68 bits per heavy atom. The molecule has 1 saturated carbocycles. The summed E-state index contributed by atoms with van der Waals surface area (Å²) in [5.41, 5.74) is 0.855. The lowest BCUT2D eigenvalue weighted by atomic mass is 9.81. The number of rotatable bonds is 6. The van der Waals surface area contributed by atoms with Crippen LogP contribution in [0.15, 0.2) is 24.3 Å². The van der Waals surface area contributed by atoms with Crippen LogP contribution in [-0.2, 0) is 25.7 Å². The van der Waals surface area contributed by atoms with Gasteiger partial charge in [-0.25, -0.2) is 0 Å². The molecule has 2 fully saturated rings. The van der Waals surface area contributed by atoms with Crippen molar-refractivity contribution in [1.29, 1.82) is 0 Å². The molecule has 25 heavy (non-hydrogen) atoms. The van der Waals surface area contributed by atoms with Crippen LogP contribution in [0.2, 0.25) is 0 Å². The molecule has 0 bridgehead atoms. The minimum atomic E-state index is -0.411. The van der Waals surface area contributed by atoms with Crippen molar-refractivity contribution in [3.8, 4) is 5.75 Å². The maximum absolute atomic E-state index is 12.3. The molecule has 0 unspecified atom stereocenters. The lowest BCUT2D eigenvalue weighted by Crippen LogP contribution is -2.33. The van der Waals surface area contributed by atoms with Crippen molar-refractivity contribution in [2.75, 3.05) is 13.7 Å². The maximum Gasteiger partial charge on any atom is 0.307 e. The summed E-state index contributed by atoms with van der Waals surface area (Å²) in [4.78, 5) is 37.9. The molecule has 1 aliphatic carbocycles. The van der Waals surface area contributed by atoms with Gasteiger partial charge in [0.2, 0.25) is 11.8 Å². The number of ether oxygens (including phenoxy) is 2. The van der Waals surface area contributed by atoms with Crippen LogP contribution < -0.4 is 4.74 Å². The molecular formula is C19H23NO5. The van der Waals surface area contributed by atoms with Crippen LogP contribution in [0, 0.1) is 11.8 Å². The van der Waals surface area contributed by atoms with E-state index in [1.807, 2.05) is 12.1 Å². The van der Waals surface area contributed by atoms with Gasteiger partial charge in [0, 0.05) is 6.54 Å². The zero-order valence-corrected chi connectivity index (χ0v) is 14.4. The smallest absolute Gasteiger partial charge is 0.307 e. The number of benzene rings is 1. The number of methoxy groups -OCH3 is 1. The molecule has 134 valence electrons. The first-order valence-electron chi connectivity index (χ1n) is 8.74. The van der Waals surface area contributed by atoms with Gasteiger partial charge >= 0.3 is 5.97 Å². The van der Waals surface area contributed by atoms with Crippen LogP contribution in [0.3, 0.4) is 0 Å². The Bertz CT molecular complexity index is 630. The molecule has 0 N–H and O–H groups in total. The van der Waals surface area contributed by atoms with Crippen LogP contribution in [-0.4, -0.2) is 36.3 Å². The molecule has 0 aromatic heterocycles. The van der Waals surface area contributed by atoms with Crippen LogP contribution in [0.5, 0.6) is 5.75 Å². The van der Waals surface area contributed by atoms with Gasteiger partial charge in [-0.1, -0.05) is 25.0 Å². The predicted octanol–water partition coefficient (Wildman–Crippen LogP) is 2.30. The van der Waals surface area contributed by atoms with Crippen molar-refractivity contribution in [3.05, 3.63) is 29.8 Å². The van der Waals surface area contributed by atoms with E-state index < -0.39 is 5.97 Å². The number of amides is 2. The maximum atomic E-state index is 12.3. The van der Waals surface area contributed by atoms with E-state index in [0.717, 1.165) is 37.0 Å². The molecule has 1 aliphatic heterocycles. The van der Waals surface area contributed by atoms with Gasteiger partial charge < -0.3 is 9.47 Å². The highest BCUT2D eigenvalue weighted by molar-refractivity contribution is 6.05. The molecule has 0 spiro atoms. The molecule has 6 nitrogen and oxygen atoms in total. The fourth-order valence-corrected chi connectivity index (χ4v) is 3.61. The SMILES string of the molecule is COc1ccc(COC(=O)CCN2C(=O)[C@H]3CCCC[C@@H]3C2=O)cc1. The third-order valence-electron chi connectivity index (χ3n) is 5.03. The van der Waals surface area contributed by atoms with Crippen LogP contribution in [0.25, 0.3) is 0 Å². The van der Waals surface area contributed by atoms with E-state index in [1.54, 1.807) is 19.2 Å². The van der Waals surface area contributed by atoms with E-state index in [2.05, 4.69) is 0 Å². The standard InChI is InChI=1S/C19H23NO5/c1-24-14-8-6-13(7-9-14)12-25-17(21)10-11-20-18(22)15-4-2-3-5-16(15)19(20)23/h6-9,15-16H,2-5,10-12H2,1H3/t15-,16-/m0/s1. The Kier molecular flexibility index (Phi) is 5.36. The summed E-state index contributed by atoms with van der Waals surface area (Å²) in [7, 11) is 1.59. The molecule has 3 rings (SSSR count). The predicted molar refractivity (Wildman–Crippen MR) is 89.6 cm³/mol. The van der Waals surface area contributed by atoms with E-state index >= 15 is 0 Å². The minimum absolute atomic E-state index is 0.0348. The van der Waals surface area contributed by atoms with E-state index in [1.165, 1.54) is 4.90 Å². The quantitative estimate of drug-likeness (QED) is 0.584. The number of esters is 1. The third kappa shape index (κ3) is 3.83. The fourth-order valence-electron chi connectivity index (χ4n) is 3.61. The Morgan fingerprint density at radius 1 is 1.08 bits per heavy atom. The molecule has 1 heterocycles. The molecule has 6 heteroatoms. The van der Waals surface area contributed by atoms with Crippen LogP contribution >= 0.6 is 0 Å². The van der Waals surface area contributed by atoms with Gasteiger partial charge in [-0.15, -0.1) is 0 Å². The van der Waals surface area contributed by atoms with Crippen LogP contribution in [0.1, 0.15) is 37.7 Å². The first kappa shape index (κ1) is 17.5. The Hall–Kier alpha value is -2.37. The Labute approximate surface area is 147 Å². The Morgan fingerprint density at radius 3 is 2.24 bits per heavy atom. The van der Waals surface area contributed by atoms with Gasteiger partial charge in [0.25, 0.3) is 0 Å². The molecule has 0 radical (unpaired) electrons. The molecule has 2 atom stereocenters. The van der Waals surface area contributed by atoms with Crippen molar-refractivity contribution in [1.82, 2.24) is 4.90 Å². The number of hydrogen-bond acceptors (Lipinski definition) is 5. The highest BCUT2D eigenvalue weighted by atomic mass is 16.5. The average molecular weight is 345 g/mol. The lowest BCUT2D eigenvalue weighted by Gasteiger charge is -2.19. The van der Waals surface area contributed by atoms with Gasteiger partial charge in [0.15, 0.2) is 0 Å². The summed E-state index contributed by atoms with van der Waals surface area (Å²) >= 11 is 0. The third-order valence-corrected chi connectivity index (χ3v) is 5.03. The highest BCUT2D eigenvalue weighted by Gasteiger charge is 2.47. The summed E-state index contributed by atoms with van der Waals surface area (Å²) in [6.07, 6.45) is 3.60. The summed E-state index contributed by atoms with van der Waals surface area (Å²) in [6.45, 7) is 0.280. The molecular weight excluding hydrogens is 322 g/mol. The Balaban J connectivity index is 1.47. The van der Waals surface area contributed by atoms with Crippen molar-refractivity contribution < 1.29 is 23.9 Å². The molecule has 1 aromatic rings. The average Bonchev–Trinajstić information content (AvgIpc) is 2.89. The summed E-state index contributed by atoms with van der Waals surface area (Å²) in [6, 6.07) is 7.24. The first-order chi connectivity index (χ1) is 12.1.